The maximum atomic E-state index is 12.9. The number of carbonyl (C=O) groups excluding carboxylic acids is 1. The van der Waals surface area contributed by atoms with E-state index in [2.05, 4.69) is 10.3 Å². The summed E-state index contributed by atoms with van der Waals surface area (Å²) in [7, 11) is 0. The third-order valence-corrected chi connectivity index (χ3v) is 2.83. The molecule has 0 aromatic carbocycles. The minimum absolute atomic E-state index is 0.0264. The highest BCUT2D eigenvalue weighted by molar-refractivity contribution is 5.93. The molecule has 0 atom stereocenters. The molecule has 7 heteroatoms. The Balaban J connectivity index is 2.62. The number of carbonyl (C=O) groups is 2. The van der Waals surface area contributed by atoms with Crippen molar-refractivity contribution >= 4 is 17.7 Å². The molecule has 0 aliphatic heterocycles. The molecule has 0 spiro atoms. The van der Waals surface area contributed by atoms with Crippen molar-refractivity contribution in [3.63, 3.8) is 0 Å². The predicted octanol–water partition coefficient (Wildman–Crippen LogP) is 1.59. The average Bonchev–Trinajstić information content (AvgIpc) is 2.41. The van der Waals surface area contributed by atoms with Gasteiger partial charge in [0.15, 0.2) is 0 Å². The van der Waals surface area contributed by atoms with E-state index in [-0.39, 0.29) is 30.3 Å². The Morgan fingerprint density at radius 3 is 2.60 bits per heavy atom. The minimum atomic E-state index is -1.27. The Morgan fingerprint density at radius 1 is 1.40 bits per heavy atom. The van der Waals surface area contributed by atoms with Crippen LogP contribution in [0.3, 0.4) is 0 Å². The fourth-order valence-corrected chi connectivity index (χ4v) is 1.77. The first-order chi connectivity index (χ1) is 9.49. The third-order valence-electron chi connectivity index (χ3n) is 2.83. The summed E-state index contributed by atoms with van der Waals surface area (Å²) in [6.07, 6.45) is 1.15. The van der Waals surface area contributed by atoms with Crippen LogP contribution in [0.2, 0.25) is 0 Å². The van der Waals surface area contributed by atoms with Gasteiger partial charge in [0, 0.05) is 26.1 Å². The Labute approximate surface area is 116 Å². The molecule has 0 aliphatic rings. The van der Waals surface area contributed by atoms with Crippen molar-refractivity contribution < 1.29 is 19.1 Å². The van der Waals surface area contributed by atoms with E-state index < -0.39 is 11.8 Å². The number of carboxylic acid groups (broad SMARTS) is 1. The smallest absolute Gasteiger partial charge is 0.339 e. The number of pyridine rings is 1. The molecule has 0 fully saturated rings. The van der Waals surface area contributed by atoms with E-state index in [0.29, 0.717) is 13.1 Å². The average molecular weight is 283 g/mol. The SMILES string of the molecule is CCN(CC)C(=O)CCNc1ncc(F)cc1C(=O)O. The van der Waals surface area contributed by atoms with E-state index in [1.165, 1.54) is 0 Å². The molecule has 1 amide bonds. The molecule has 1 aromatic heterocycles. The quantitative estimate of drug-likeness (QED) is 0.794. The zero-order chi connectivity index (χ0) is 15.1. The van der Waals surface area contributed by atoms with Gasteiger partial charge in [0.2, 0.25) is 5.91 Å². The summed E-state index contributed by atoms with van der Waals surface area (Å²) < 4.78 is 12.9. The first kappa shape index (κ1) is 15.9. The number of hydrogen-bond donors (Lipinski definition) is 2. The number of nitrogens with zero attached hydrogens (tertiary/aromatic N) is 2. The van der Waals surface area contributed by atoms with Crippen LogP contribution in [0.1, 0.15) is 30.6 Å². The molecular formula is C13H18FN3O3. The highest BCUT2D eigenvalue weighted by Gasteiger charge is 2.14. The van der Waals surface area contributed by atoms with Crippen LogP contribution in [-0.4, -0.2) is 46.5 Å². The Bertz CT molecular complexity index is 490. The van der Waals surface area contributed by atoms with Crippen molar-refractivity contribution in [1.29, 1.82) is 0 Å². The van der Waals surface area contributed by atoms with Gasteiger partial charge < -0.3 is 15.3 Å². The molecule has 20 heavy (non-hydrogen) atoms. The minimum Gasteiger partial charge on any atom is -0.478 e. The number of amides is 1. The number of rotatable bonds is 7. The highest BCUT2D eigenvalue weighted by Crippen LogP contribution is 2.13. The molecule has 6 nitrogen and oxygen atoms in total. The van der Waals surface area contributed by atoms with Crippen LogP contribution >= 0.6 is 0 Å². The fraction of sp³-hybridized carbons (Fsp3) is 0.462. The summed E-state index contributed by atoms with van der Waals surface area (Å²) in [5, 5.41) is 11.7. The van der Waals surface area contributed by atoms with Gasteiger partial charge in [-0.25, -0.2) is 14.2 Å². The van der Waals surface area contributed by atoms with Crippen LogP contribution in [0.5, 0.6) is 0 Å². The van der Waals surface area contributed by atoms with Crippen LogP contribution in [-0.2, 0) is 4.79 Å². The van der Waals surface area contributed by atoms with Crippen molar-refractivity contribution in [2.24, 2.45) is 0 Å². The molecule has 0 bridgehead atoms. The van der Waals surface area contributed by atoms with Crippen LogP contribution in [0.25, 0.3) is 0 Å². The van der Waals surface area contributed by atoms with Crippen molar-refractivity contribution in [2.45, 2.75) is 20.3 Å². The van der Waals surface area contributed by atoms with Gasteiger partial charge in [-0.3, -0.25) is 4.79 Å². The second-order valence-corrected chi connectivity index (χ2v) is 4.10. The lowest BCUT2D eigenvalue weighted by molar-refractivity contribution is -0.130. The zero-order valence-corrected chi connectivity index (χ0v) is 11.5. The lowest BCUT2D eigenvalue weighted by Gasteiger charge is -2.18. The third kappa shape index (κ3) is 4.18. The van der Waals surface area contributed by atoms with Gasteiger partial charge in [-0.2, -0.15) is 0 Å². The molecule has 1 rings (SSSR count). The Kier molecular flexibility index (Phi) is 5.89. The topological polar surface area (TPSA) is 82.5 Å². The zero-order valence-electron chi connectivity index (χ0n) is 11.5. The second kappa shape index (κ2) is 7.42. The van der Waals surface area contributed by atoms with Crippen LogP contribution in [0.4, 0.5) is 10.2 Å². The van der Waals surface area contributed by atoms with E-state index in [1.54, 1.807) is 4.90 Å². The summed E-state index contributed by atoms with van der Waals surface area (Å²) in [4.78, 5) is 28.1. The normalized spacial score (nSPS) is 10.2. The van der Waals surface area contributed by atoms with E-state index in [0.717, 1.165) is 12.3 Å². The van der Waals surface area contributed by atoms with Gasteiger partial charge in [-0.05, 0) is 19.9 Å². The summed E-state index contributed by atoms with van der Waals surface area (Å²) in [5.41, 5.74) is -0.250. The highest BCUT2D eigenvalue weighted by atomic mass is 19.1. The predicted molar refractivity (Wildman–Crippen MR) is 72.2 cm³/mol. The number of hydrogen-bond acceptors (Lipinski definition) is 4. The summed E-state index contributed by atoms with van der Waals surface area (Å²) >= 11 is 0. The number of aromatic nitrogens is 1. The summed E-state index contributed by atoms with van der Waals surface area (Å²) in [5.74, 6) is -1.95. The van der Waals surface area contributed by atoms with Crippen molar-refractivity contribution in [3.8, 4) is 0 Å². The number of anilines is 1. The van der Waals surface area contributed by atoms with Gasteiger partial charge >= 0.3 is 5.97 Å². The summed E-state index contributed by atoms with van der Waals surface area (Å²) in [6, 6.07) is 0.893. The second-order valence-electron chi connectivity index (χ2n) is 4.10. The van der Waals surface area contributed by atoms with Gasteiger partial charge in [0.05, 0.1) is 6.20 Å². The van der Waals surface area contributed by atoms with Gasteiger partial charge in [0.25, 0.3) is 0 Å². The van der Waals surface area contributed by atoms with Crippen LogP contribution < -0.4 is 5.32 Å². The van der Waals surface area contributed by atoms with Crippen molar-refractivity contribution in [3.05, 3.63) is 23.6 Å². The van der Waals surface area contributed by atoms with Crippen LogP contribution in [0, 0.1) is 5.82 Å². The number of aromatic carboxylic acids is 1. The lowest BCUT2D eigenvalue weighted by atomic mass is 10.2. The maximum Gasteiger partial charge on any atom is 0.339 e. The van der Waals surface area contributed by atoms with Gasteiger partial charge in [-0.1, -0.05) is 0 Å². The first-order valence-corrected chi connectivity index (χ1v) is 6.40. The molecule has 2 N–H and O–H groups in total. The van der Waals surface area contributed by atoms with Crippen molar-refractivity contribution in [1.82, 2.24) is 9.88 Å². The molecule has 0 radical (unpaired) electrons. The number of halogens is 1. The van der Waals surface area contributed by atoms with Gasteiger partial charge in [0.1, 0.15) is 17.2 Å². The first-order valence-electron chi connectivity index (χ1n) is 6.40. The molecule has 0 saturated heterocycles. The largest absolute Gasteiger partial charge is 0.478 e. The van der Waals surface area contributed by atoms with Crippen LogP contribution in [0.15, 0.2) is 12.3 Å². The van der Waals surface area contributed by atoms with E-state index in [9.17, 15) is 14.0 Å². The molecule has 0 saturated carbocycles. The van der Waals surface area contributed by atoms with Crippen molar-refractivity contribution in [2.75, 3.05) is 25.0 Å². The molecule has 0 unspecified atom stereocenters. The van der Waals surface area contributed by atoms with Gasteiger partial charge in [-0.15, -0.1) is 0 Å². The monoisotopic (exact) mass is 283 g/mol. The molecule has 1 heterocycles. The molecule has 0 aliphatic carbocycles. The fourth-order valence-electron chi connectivity index (χ4n) is 1.77. The standard InChI is InChI=1S/C13H18FN3O3/c1-3-17(4-2)11(18)5-6-15-12-10(13(19)20)7-9(14)8-16-12/h7-8H,3-6H2,1-2H3,(H,15,16)(H,19,20). The van der Waals surface area contributed by atoms with E-state index >= 15 is 0 Å². The van der Waals surface area contributed by atoms with E-state index in [4.69, 9.17) is 5.11 Å². The molecular weight excluding hydrogens is 265 g/mol. The maximum absolute atomic E-state index is 12.9. The lowest BCUT2D eigenvalue weighted by Crippen LogP contribution is -2.31. The Morgan fingerprint density at radius 2 is 2.05 bits per heavy atom. The Hall–Kier alpha value is -2.18. The summed E-state index contributed by atoms with van der Waals surface area (Å²) in [6.45, 7) is 5.28. The molecule has 110 valence electrons. The number of carboxylic acids is 1. The number of nitrogens with one attached hydrogen (secondary N) is 1. The molecule has 1 aromatic rings. The van der Waals surface area contributed by atoms with E-state index in [1.807, 2.05) is 13.8 Å².